The lowest BCUT2D eigenvalue weighted by Gasteiger charge is -1.99. The quantitative estimate of drug-likeness (QED) is 0.703. The molecular formula is C12H9N3O2. The van der Waals surface area contributed by atoms with Crippen molar-refractivity contribution in [1.29, 1.82) is 0 Å². The van der Waals surface area contributed by atoms with Gasteiger partial charge in [0.05, 0.1) is 5.69 Å². The van der Waals surface area contributed by atoms with Crippen LogP contribution in [0.25, 0.3) is 16.9 Å². The monoisotopic (exact) mass is 227 g/mol. The largest absolute Gasteiger partial charge is 0.476 e. The van der Waals surface area contributed by atoms with Crippen molar-refractivity contribution < 1.29 is 9.90 Å². The number of aromatic nitrogens is 3. The van der Waals surface area contributed by atoms with Crippen molar-refractivity contribution in [2.24, 2.45) is 0 Å². The Kier molecular flexibility index (Phi) is 1.98. The van der Waals surface area contributed by atoms with Gasteiger partial charge in [0.1, 0.15) is 5.65 Å². The highest BCUT2D eigenvalue weighted by Gasteiger charge is 2.19. The van der Waals surface area contributed by atoms with E-state index in [9.17, 15) is 9.90 Å². The third-order valence-electron chi connectivity index (χ3n) is 2.60. The van der Waals surface area contributed by atoms with Crippen molar-refractivity contribution in [3.05, 3.63) is 48.5 Å². The van der Waals surface area contributed by atoms with Gasteiger partial charge in [0.15, 0.2) is 5.69 Å². The number of carboxylic acid groups (broad SMARTS) is 1. The van der Waals surface area contributed by atoms with E-state index in [0.29, 0.717) is 11.3 Å². The molecule has 0 aliphatic rings. The SMILES string of the molecule is O=C(O)c1nc2ccccn2c1-c1cc[nH]c1. The number of pyridine rings is 1. The lowest BCUT2D eigenvalue weighted by atomic mass is 10.2. The molecule has 84 valence electrons. The molecule has 0 spiro atoms. The van der Waals surface area contributed by atoms with Gasteiger partial charge in [0.25, 0.3) is 0 Å². The number of nitrogens with zero attached hydrogens (tertiary/aromatic N) is 2. The third kappa shape index (κ3) is 1.40. The Bertz CT molecular complexity index is 683. The fourth-order valence-electron chi connectivity index (χ4n) is 1.89. The van der Waals surface area contributed by atoms with Crippen molar-refractivity contribution in [3.8, 4) is 11.3 Å². The van der Waals surface area contributed by atoms with Gasteiger partial charge in [-0.15, -0.1) is 0 Å². The van der Waals surface area contributed by atoms with Crippen molar-refractivity contribution in [3.63, 3.8) is 0 Å². The van der Waals surface area contributed by atoms with Crippen molar-refractivity contribution >= 4 is 11.6 Å². The van der Waals surface area contributed by atoms with Gasteiger partial charge in [-0.25, -0.2) is 9.78 Å². The second kappa shape index (κ2) is 3.48. The van der Waals surface area contributed by atoms with Gasteiger partial charge in [-0.05, 0) is 18.2 Å². The first-order valence-electron chi connectivity index (χ1n) is 5.11. The molecule has 5 nitrogen and oxygen atoms in total. The van der Waals surface area contributed by atoms with Crippen LogP contribution in [0.4, 0.5) is 0 Å². The van der Waals surface area contributed by atoms with E-state index in [4.69, 9.17) is 0 Å². The van der Waals surface area contributed by atoms with Gasteiger partial charge in [-0.1, -0.05) is 6.07 Å². The van der Waals surface area contributed by atoms with Gasteiger partial charge in [0.2, 0.25) is 0 Å². The Hall–Kier alpha value is -2.56. The predicted octanol–water partition coefficient (Wildman–Crippen LogP) is 2.03. The number of carbonyl (C=O) groups is 1. The minimum Gasteiger partial charge on any atom is -0.476 e. The van der Waals surface area contributed by atoms with Crippen LogP contribution in [0, 0.1) is 0 Å². The molecule has 0 aliphatic carbocycles. The lowest BCUT2D eigenvalue weighted by molar-refractivity contribution is 0.0692. The molecule has 3 rings (SSSR count). The highest BCUT2D eigenvalue weighted by Crippen LogP contribution is 2.24. The van der Waals surface area contributed by atoms with E-state index >= 15 is 0 Å². The first-order valence-corrected chi connectivity index (χ1v) is 5.11. The maximum absolute atomic E-state index is 11.2. The molecule has 3 heterocycles. The molecule has 0 atom stereocenters. The summed E-state index contributed by atoms with van der Waals surface area (Å²) in [7, 11) is 0. The normalized spacial score (nSPS) is 10.8. The molecule has 3 aromatic heterocycles. The molecule has 0 aliphatic heterocycles. The van der Waals surface area contributed by atoms with Crippen LogP contribution in [0.3, 0.4) is 0 Å². The zero-order valence-corrected chi connectivity index (χ0v) is 8.79. The van der Waals surface area contributed by atoms with Gasteiger partial charge in [-0.3, -0.25) is 4.40 Å². The highest BCUT2D eigenvalue weighted by molar-refractivity contribution is 5.94. The first kappa shape index (κ1) is 9.65. The molecule has 0 saturated heterocycles. The number of aromatic amines is 1. The summed E-state index contributed by atoms with van der Waals surface area (Å²) in [6, 6.07) is 7.27. The molecule has 0 unspecified atom stereocenters. The molecule has 17 heavy (non-hydrogen) atoms. The predicted molar refractivity (Wildman–Crippen MR) is 61.9 cm³/mol. The Morgan fingerprint density at radius 2 is 2.24 bits per heavy atom. The van der Waals surface area contributed by atoms with E-state index in [1.165, 1.54) is 0 Å². The van der Waals surface area contributed by atoms with E-state index in [0.717, 1.165) is 5.56 Å². The molecule has 2 N–H and O–H groups in total. The fourth-order valence-corrected chi connectivity index (χ4v) is 1.89. The summed E-state index contributed by atoms with van der Waals surface area (Å²) in [4.78, 5) is 18.2. The summed E-state index contributed by atoms with van der Waals surface area (Å²) in [5.74, 6) is -1.02. The summed E-state index contributed by atoms with van der Waals surface area (Å²) in [6.45, 7) is 0. The summed E-state index contributed by atoms with van der Waals surface area (Å²) in [5.41, 5.74) is 2.09. The van der Waals surface area contributed by atoms with Crippen LogP contribution in [-0.2, 0) is 0 Å². The zero-order valence-electron chi connectivity index (χ0n) is 8.79. The summed E-state index contributed by atoms with van der Waals surface area (Å²) >= 11 is 0. The summed E-state index contributed by atoms with van der Waals surface area (Å²) in [5, 5.41) is 9.18. The standard InChI is InChI=1S/C12H9N3O2/c16-12(17)10-11(8-4-5-13-7-8)15-6-2-1-3-9(15)14-10/h1-7,13H,(H,16,17). The Morgan fingerprint density at radius 3 is 2.94 bits per heavy atom. The molecule has 3 aromatic rings. The van der Waals surface area contributed by atoms with Crippen molar-refractivity contribution in [2.75, 3.05) is 0 Å². The molecule has 0 fully saturated rings. The van der Waals surface area contributed by atoms with E-state index in [1.807, 2.05) is 18.2 Å². The van der Waals surface area contributed by atoms with Crippen LogP contribution in [0.2, 0.25) is 0 Å². The van der Waals surface area contributed by atoms with E-state index in [2.05, 4.69) is 9.97 Å². The Morgan fingerprint density at radius 1 is 1.35 bits per heavy atom. The number of aromatic carboxylic acids is 1. The number of imidazole rings is 1. The highest BCUT2D eigenvalue weighted by atomic mass is 16.4. The lowest BCUT2D eigenvalue weighted by Crippen LogP contribution is -1.99. The zero-order chi connectivity index (χ0) is 11.8. The van der Waals surface area contributed by atoms with Crippen LogP contribution in [-0.4, -0.2) is 25.4 Å². The molecule has 0 bridgehead atoms. The fraction of sp³-hybridized carbons (Fsp3) is 0. The van der Waals surface area contributed by atoms with Gasteiger partial charge < -0.3 is 10.1 Å². The maximum atomic E-state index is 11.2. The van der Waals surface area contributed by atoms with Crippen LogP contribution in [0.1, 0.15) is 10.5 Å². The van der Waals surface area contributed by atoms with Crippen LogP contribution in [0.15, 0.2) is 42.9 Å². The number of rotatable bonds is 2. The van der Waals surface area contributed by atoms with E-state index in [-0.39, 0.29) is 5.69 Å². The topological polar surface area (TPSA) is 70.4 Å². The van der Waals surface area contributed by atoms with Gasteiger partial charge >= 0.3 is 5.97 Å². The number of hydrogen-bond acceptors (Lipinski definition) is 2. The number of fused-ring (bicyclic) bond motifs is 1. The minimum absolute atomic E-state index is 0.0656. The number of carboxylic acids is 1. The Labute approximate surface area is 96.4 Å². The minimum atomic E-state index is -1.02. The van der Waals surface area contributed by atoms with E-state index < -0.39 is 5.97 Å². The summed E-state index contributed by atoms with van der Waals surface area (Å²) < 4.78 is 1.77. The maximum Gasteiger partial charge on any atom is 0.356 e. The van der Waals surface area contributed by atoms with Crippen LogP contribution >= 0.6 is 0 Å². The smallest absolute Gasteiger partial charge is 0.356 e. The van der Waals surface area contributed by atoms with Gasteiger partial charge in [-0.2, -0.15) is 0 Å². The van der Waals surface area contributed by atoms with E-state index in [1.54, 1.807) is 29.1 Å². The Balaban J connectivity index is 2.40. The molecule has 0 saturated carbocycles. The third-order valence-corrected chi connectivity index (χ3v) is 2.60. The molecule has 0 radical (unpaired) electrons. The van der Waals surface area contributed by atoms with Crippen molar-refractivity contribution in [2.45, 2.75) is 0 Å². The number of H-pyrrole nitrogens is 1. The second-order valence-corrected chi connectivity index (χ2v) is 3.64. The molecule has 5 heteroatoms. The average Bonchev–Trinajstić information content (AvgIpc) is 2.94. The van der Waals surface area contributed by atoms with Crippen LogP contribution in [0.5, 0.6) is 0 Å². The molecule has 0 amide bonds. The molecule has 0 aromatic carbocycles. The van der Waals surface area contributed by atoms with Gasteiger partial charge in [0, 0.05) is 24.2 Å². The van der Waals surface area contributed by atoms with Crippen molar-refractivity contribution in [1.82, 2.24) is 14.4 Å². The first-order chi connectivity index (χ1) is 8.27. The second-order valence-electron chi connectivity index (χ2n) is 3.64. The average molecular weight is 227 g/mol. The summed E-state index contributed by atoms with van der Waals surface area (Å²) in [6.07, 6.45) is 5.31. The number of nitrogens with one attached hydrogen (secondary N) is 1. The molecular weight excluding hydrogens is 218 g/mol. The van der Waals surface area contributed by atoms with Crippen LogP contribution < -0.4 is 0 Å². The number of hydrogen-bond donors (Lipinski definition) is 2.